The van der Waals surface area contributed by atoms with Gasteiger partial charge in [-0.25, -0.2) is 0 Å². The lowest BCUT2D eigenvalue weighted by molar-refractivity contribution is 0.185. The summed E-state index contributed by atoms with van der Waals surface area (Å²) in [6.07, 6.45) is 0.761. The van der Waals surface area contributed by atoms with Crippen molar-refractivity contribution in [3.8, 4) is 0 Å². The average Bonchev–Trinajstić information content (AvgIpc) is 2.47. The minimum absolute atomic E-state index is 0.151. The first-order chi connectivity index (χ1) is 10.3. The quantitative estimate of drug-likeness (QED) is 0.757. The molecule has 0 spiro atoms. The Labute approximate surface area is 133 Å². The highest BCUT2D eigenvalue weighted by atomic mass is 32.2. The van der Waals surface area contributed by atoms with Crippen LogP contribution in [0.15, 0.2) is 59.5 Å². The molecule has 0 aromatic heterocycles. The van der Waals surface area contributed by atoms with Crippen molar-refractivity contribution in [2.75, 3.05) is 6.61 Å². The summed E-state index contributed by atoms with van der Waals surface area (Å²) in [5.41, 5.74) is 1.92. The summed E-state index contributed by atoms with van der Waals surface area (Å²) in [5, 5.41) is 0. The summed E-state index contributed by atoms with van der Waals surface area (Å²) in [7, 11) is -3.70. The molecule has 22 heavy (non-hydrogen) atoms. The Hall–Kier alpha value is -1.65. The first kappa shape index (κ1) is 16.7. The van der Waals surface area contributed by atoms with Gasteiger partial charge in [0, 0.05) is 0 Å². The van der Waals surface area contributed by atoms with Gasteiger partial charge < -0.3 is 0 Å². The molecule has 118 valence electrons. The van der Waals surface area contributed by atoms with Gasteiger partial charge in [0.25, 0.3) is 10.1 Å². The van der Waals surface area contributed by atoms with E-state index in [0.717, 1.165) is 12.0 Å². The molecule has 2 aromatic carbocycles. The maximum Gasteiger partial charge on any atom is 0.296 e. The third-order valence-electron chi connectivity index (χ3n) is 3.44. The smallest absolute Gasteiger partial charge is 0.266 e. The highest BCUT2D eigenvalue weighted by Crippen LogP contribution is 2.24. The Morgan fingerprint density at radius 1 is 0.955 bits per heavy atom. The fourth-order valence-electron chi connectivity index (χ4n) is 2.21. The molecule has 0 unspecified atom stereocenters. The van der Waals surface area contributed by atoms with Crippen LogP contribution in [-0.2, 0) is 20.7 Å². The zero-order chi connectivity index (χ0) is 16.2. The van der Waals surface area contributed by atoms with Crippen LogP contribution in [0, 0.1) is 12.3 Å². The topological polar surface area (TPSA) is 43.4 Å². The summed E-state index contributed by atoms with van der Waals surface area (Å²) in [4.78, 5) is 0.202. The van der Waals surface area contributed by atoms with Crippen molar-refractivity contribution < 1.29 is 12.6 Å². The number of aryl methyl sites for hydroxylation is 1. The second-order valence-corrected chi connectivity index (χ2v) is 7.97. The van der Waals surface area contributed by atoms with E-state index in [4.69, 9.17) is 4.18 Å². The van der Waals surface area contributed by atoms with E-state index in [0.29, 0.717) is 0 Å². The van der Waals surface area contributed by atoms with E-state index in [1.54, 1.807) is 24.3 Å². The highest BCUT2D eigenvalue weighted by molar-refractivity contribution is 7.86. The Kier molecular flexibility index (Phi) is 5.04. The Morgan fingerprint density at radius 2 is 1.55 bits per heavy atom. The highest BCUT2D eigenvalue weighted by Gasteiger charge is 2.24. The van der Waals surface area contributed by atoms with Gasteiger partial charge in [-0.15, -0.1) is 0 Å². The Morgan fingerprint density at radius 3 is 2.14 bits per heavy atom. The predicted octanol–water partition coefficient (Wildman–Crippen LogP) is 3.97. The lowest BCUT2D eigenvalue weighted by Crippen LogP contribution is -2.24. The molecule has 0 bridgehead atoms. The molecule has 0 aliphatic carbocycles. The number of rotatable bonds is 6. The first-order valence-electron chi connectivity index (χ1n) is 7.29. The summed E-state index contributed by atoms with van der Waals surface area (Å²) in [6, 6.07) is 16.7. The van der Waals surface area contributed by atoms with Crippen molar-refractivity contribution in [1.82, 2.24) is 0 Å². The van der Waals surface area contributed by atoms with Crippen LogP contribution in [0.2, 0.25) is 0 Å². The Balaban J connectivity index is 2.03. The fourth-order valence-corrected chi connectivity index (χ4v) is 3.29. The number of hydrogen-bond donors (Lipinski definition) is 0. The van der Waals surface area contributed by atoms with Crippen LogP contribution in [0.25, 0.3) is 0 Å². The molecule has 0 heterocycles. The third-order valence-corrected chi connectivity index (χ3v) is 4.72. The van der Waals surface area contributed by atoms with E-state index in [9.17, 15) is 8.42 Å². The van der Waals surface area contributed by atoms with Crippen molar-refractivity contribution >= 4 is 10.1 Å². The molecule has 0 aliphatic rings. The summed E-state index contributed by atoms with van der Waals surface area (Å²) >= 11 is 0. The maximum atomic E-state index is 12.2. The molecule has 4 heteroatoms. The van der Waals surface area contributed by atoms with Gasteiger partial charge in [0.15, 0.2) is 0 Å². The molecule has 0 N–H and O–H groups in total. The monoisotopic (exact) mass is 318 g/mol. The van der Waals surface area contributed by atoms with Crippen molar-refractivity contribution in [3.05, 3.63) is 65.7 Å². The van der Waals surface area contributed by atoms with Crippen LogP contribution >= 0.6 is 0 Å². The van der Waals surface area contributed by atoms with E-state index in [-0.39, 0.29) is 16.9 Å². The van der Waals surface area contributed by atoms with E-state index < -0.39 is 10.1 Å². The number of hydrogen-bond acceptors (Lipinski definition) is 3. The lowest BCUT2D eigenvalue weighted by Gasteiger charge is -2.24. The van der Waals surface area contributed by atoms with Crippen LogP contribution in [-0.4, -0.2) is 15.0 Å². The van der Waals surface area contributed by atoms with Crippen molar-refractivity contribution in [3.63, 3.8) is 0 Å². The standard InChI is InChI=1S/C18H22O3S/c1-15-9-11-17(12-10-15)22(19,20)21-14-18(2,3)13-16-7-5-4-6-8-16/h4-12H,13-14H2,1-3H3. The first-order valence-corrected chi connectivity index (χ1v) is 8.69. The molecule has 0 aliphatic heterocycles. The molecule has 2 aromatic rings. The Bertz CT molecular complexity index is 702. The predicted molar refractivity (Wildman–Crippen MR) is 88.2 cm³/mol. The van der Waals surface area contributed by atoms with Crippen LogP contribution in [0.5, 0.6) is 0 Å². The SMILES string of the molecule is Cc1ccc(S(=O)(=O)OCC(C)(C)Cc2ccccc2)cc1. The zero-order valence-electron chi connectivity index (χ0n) is 13.2. The van der Waals surface area contributed by atoms with E-state index >= 15 is 0 Å². The van der Waals surface area contributed by atoms with E-state index in [2.05, 4.69) is 0 Å². The van der Waals surface area contributed by atoms with E-state index in [1.807, 2.05) is 51.1 Å². The molecule has 0 saturated carbocycles. The molecule has 3 nitrogen and oxygen atoms in total. The maximum absolute atomic E-state index is 12.2. The van der Waals surface area contributed by atoms with Crippen LogP contribution in [0.1, 0.15) is 25.0 Å². The average molecular weight is 318 g/mol. The van der Waals surface area contributed by atoms with Crippen LogP contribution in [0.3, 0.4) is 0 Å². The summed E-state index contributed by atoms with van der Waals surface area (Å²) in [5.74, 6) is 0. The molecule has 0 saturated heterocycles. The van der Waals surface area contributed by atoms with Crippen LogP contribution < -0.4 is 0 Å². The minimum Gasteiger partial charge on any atom is -0.266 e. The van der Waals surface area contributed by atoms with Gasteiger partial charge in [-0.3, -0.25) is 4.18 Å². The van der Waals surface area contributed by atoms with Gasteiger partial charge >= 0.3 is 0 Å². The van der Waals surface area contributed by atoms with Gasteiger partial charge in [-0.1, -0.05) is 61.9 Å². The molecule has 2 rings (SSSR count). The second kappa shape index (κ2) is 6.63. The van der Waals surface area contributed by atoms with Crippen molar-refractivity contribution in [2.45, 2.75) is 32.1 Å². The van der Waals surface area contributed by atoms with Crippen molar-refractivity contribution in [2.24, 2.45) is 5.41 Å². The molecular weight excluding hydrogens is 296 g/mol. The van der Waals surface area contributed by atoms with Crippen molar-refractivity contribution in [1.29, 1.82) is 0 Å². The van der Waals surface area contributed by atoms with Gasteiger partial charge in [0.05, 0.1) is 11.5 Å². The zero-order valence-corrected chi connectivity index (χ0v) is 14.1. The lowest BCUT2D eigenvalue weighted by atomic mass is 9.87. The third kappa shape index (κ3) is 4.68. The summed E-state index contributed by atoms with van der Waals surface area (Å²) in [6.45, 7) is 6.08. The molecular formula is C18H22O3S. The molecule has 0 atom stereocenters. The largest absolute Gasteiger partial charge is 0.296 e. The van der Waals surface area contributed by atoms with Gasteiger partial charge in [0.1, 0.15) is 0 Å². The van der Waals surface area contributed by atoms with Gasteiger partial charge in [0.2, 0.25) is 0 Å². The van der Waals surface area contributed by atoms with E-state index in [1.165, 1.54) is 5.56 Å². The fraction of sp³-hybridized carbons (Fsp3) is 0.333. The van der Waals surface area contributed by atoms with Crippen LogP contribution in [0.4, 0.5) is 0 Å². The minimum atomic E-state index is -3.70. The molecule has 0 radical (unpaired) electrons. The molecule has 0 fully saturated rings. The normalized spacial score (nSPS) is 12.3. The van der Waals surface area contributed by atoms with Gasteiger partial charge in [-0.05, 0) is 36.5 Å². The van der Waals surface area contributed by atoms with Gasteiger partial charge in [-0.2, -0.15) is 8.42 Å². The second-order valence-electron chi connectivity index (χ2n) is 6.36. The summed E-state index contributed by atoms with van der Waals surface area (Å²) < 4.78 is 29.7. The number of benzene rings is 2. The molecule has 0 amide bonds.